The first-order valence-electron chi connectivity index (χ1n) is 10.6. The van der Waals surface area contributed by atoms with Crippen molar-refractivity contribution in [3.63, 3.8) is 0 Å². The minimum absolute atomic E-state index is 0.00511. The molecule has 27 heavy (non-hydrogen) atoms. The van der Waals surface area contributed by atoms with Gasteiger partial charge in [-0.25, -0.2) is 4.98 Å². The summed E-state index contributed by atoms with van der Waals surface area (Å²) >= 11 is 0. The zero-order chi connectivity index (χ0) is 18.5. The van der Waals surface area contributed by atoms with Crippen molar-refractivity contribution in [3.8, 4) is 0 Å². The average molecular weight is 373 g/mol. The topological polar surface area (TPSA) is 68.7 Å². The third-order valence-electron chi connectivity index (χ3n) is 7.77. The van der Waals surface area contributed by atoms with Crippen LogP contribution in [-0.2, 0) is 20.8 Å². The molecule has 1 N–H and O–H groups in total. The summed E-state index contributed by atoms with van der Waals surface area (Å²) in [5.41, 5.74) is 0.412. The van der Waals surface area contributed by atoms with Gasteiger partial charge in [-0.05, 0) is 56.4 Å². The first-order valence-corrected chi connectivity index (χ1v) is 10.6. The van der Waals surface area contributed by atoms with Gasteiger partial charge >= 0.3 is 5.97 Å². The largest absolute Gasteiger partial charge is 0.462 e. The number of esters is 1. The lowest BCUT2D eigenvalue weighted by molar-refractivity contribution is -0.147. The van der Waals surface area contributed by atoms with Gasteiger partial charge < -0.3 is 19.4 Å². The number of hydrogen-bond acceptors (Lipinski definition) is 5. The minimum Gasteiger partial charge on any atom is -0.462 e. The Kier molecular flexibility index (Phi) is 4.32. The second-order valence-electron chi connectivity index (χ2n) is 9.46. The van der Waals surface area contributed by atoms with Crippen LogP contribution in [0.15, 0.2) is 18.7 Å². The normalized spacial score (nSPS) is 42.6. The molecule has 2 aliphatic heterocycles. The fourth-order valence-corrected chi connectivity index (χ4v) is 6.25. The van der Waals surface area contributed by atoms with E-state index < -0.39 is 0 Å². The molecule has 2 aliphatic carbocycles. The number of fused-ring (bicyclic) bond motifs is 3. The highest BCUT2D eigenvalue weighted by atomic mass is 16.6. The van der Waals surface area contributed by atoms with Crippen molar-refractivity contribution in [2.75, 3.05) is 19.7 Å². The number of imidazole rings is 1. The summed E-state index contributed by atoms with van der Waals surface area (Å²) in [6, 6.07) is 0. The van der Waals surface area contributed by atoms with Crippen molar-refractivity contribution in [2.24, 2.45) is 23.2 Å². The molecular weight excluding hydrogens is 342 g/mol. The number of hydrogen-bond donors (Lipinski definition) is 1. The molecule has 0 aromatic carbocycles. The first-order chi connectivity index (χ1) is 13.1. The average Bonchev–Trinajstić information content (AvgIpc) is 3.08. The van der Waals surface area contributed by atoms with Crippen LogP contribution >= 0.6 is 0 Å². The summed E-state index contributed by atoms with van der Waals surface area (Å²) in [7, 11) is 0. The number of epoxide rings is 1. The van der Waals surface area contributed by atoms with Crippen molar-refractivity contribution in [1.29, 1.82) is 0 Å². The molecule has 5 rings (SSSR count). The predicted octanol–water partition coefficient (Wildman–Crippen LogP) is 2.39. The van der Waals surface area contributed by atoms with Crippen LogP contribution in [0, 0.1) is 23.2 Å². The third kappa shape index (κ3) is 3.11. The smallest absolute Gasteiger partial charge is 0.310 e. The van der Waals surface area contributed by atoms with E-state index in [9.17, 15) is 4.79 Å². The molecule has 1 spiro atoms. The molecule has 1 aromatic heterocycles. The molecule has 148 valence electrons. The number of aryl methyl sites for hydroxylation is 1. The lowest BCUT2D eigenvalue weighted by Gasteiger charge is -2.51. The Hall–Kier alpha value is -1.40. The molecular formula is C21H31N3O3. The van der Waals surface area contributed by atoms with Crippen LogP contribution in [0.4, 0.5) is 0 Å². The van der Waals surface area contributed by atoms with Crippen LogP contribution in [0.1, 0.15) is 45.4 Å². The molecule has 0 radical (unpaired) electrons. The Bertz CT molecular complexity index is 687. The maximum absolute atomic E-state index is 12.6. The summed E-state index contributed by atoms with van der Waals surface area (Å²) in [5, 5.41) is 3.51. The fourth-order valence-electron chi connectivity index (χ4n) is 6.25. The minimum atomic E-state index is 0.00511. The van der Waals surface area contributed by atoms with Gasteiger partial charge in [0.15, 0.2) is 0 Å². The van der Waals surface area contributed by atoms with Gasteiger partial charge in [-0.2, -0.15) is 0 Å². The van der Waals surface area contributed by atoms with E-state index in [1.165, 1.54) is 19.3 Å². The molecule has 4 aliphatic rings. The van der Waals surface area contributed by atoms with Crippen LogP contribution in [0.25, 0.3) is 0 Å². The summed E-state index contributed by atoms with van der Waals surface area (Å²) in [6.07, 6.45) is 12.6. The monoisotopic (exact) mass is 373 g/mol. The summed E-state index contributed by atoms with van der Waals surface area (Å²) in [5.74, 6) is 0.972. The summed E-state index contributed by atoms with van der Waals surface area (Å²) in [6.45, 7) is 5.94. The van der Waals surface area contributed by atoms with E-state index in [1.54, 1.807) is 6.20 Å². The van der Waals surface area contributed by atoms with E-state index >= 15 is 0 Å². The summed E-state index contributed by atoms with van der Waals surface area (Å²) in [4.78, 5) is 16.6. The van der Waals surface area contributed by atoms with Crippen molar-refractivity contribution in [3.05, 3.63) is 18.7 Å². The molecule has 2 saturated carbocycles. The van der Waals surface area contributed by atoms with Crippen molar-refractivity contribution in [1.82, 2.24) is 14.9 Å². The molecule has 1 aromatic rings. The molecule has 3 heterocycles. The number of rotatable bonds is 6. The Morgan fingerprint density at radius 2 is 2.30 bits per heavy atom. The van der Waals surface area contributed by atoms with E-state index in [0.717, 1.165) is 45.5 Å². The van der Waals surface area contributed by atoms with Crippen LogP contribution in [-0.4, -0.2) is 46.9 Å². The fraction of sp³-hybridized carbons (Fsp3) is 0.810. The van der Waals surface area contributed by atoms with Crippen LogP contribution < -0.4 is 5.32 Å². The Labute approximate surface area is 161 Å². The van der Waals surface area contributed by atoms with Gasteiger partial charge in [-0.1, -0.05) is 6.92 Å². The highest BCUT2D eigenvalue weighted by Gasteiger charge is 2.64. The van der Waals surface area contributed by atoms with E-state index in [0.29, 0.717) is 11.8 Å². The predicted molar refractivity (Wildman–Crippen MR) is 99.9 cm³/mol. The number of nitrogens with one attached hydrogen (secondary N) is 1. The third-order valence-corrected chi connectivity index (χ3v) is 7.77. The zero-order valence-corrected chi connectivity index (χ0v) is 16.2. The molecule has 6 heteroatoms. The van der Waals surface area contributed by atoms with Crippen molar-refractivity contribution >= 4 is 5.97 Å². The van der Waals surface area contributed by atoms with Crippen LogP contribution in [0.5, 0.6) is 0 Å². The van der Waals surface area contributed by atoms with Crippen molar-refractivity contribution in [2.45, 2.75) is 63.7 Å². The molecule has 2 saturated heterocycles. The Morgan fingerprint density at radius 3 is 3.07 bits per heavy atom. The van der Waals surface area contributed by atoms with Gasteiger partial charge in [0.2, 0.25) is 0 Å². The Morgan fingerprint density at radius 1 is 1.41 bits per heavy atom. The number of nitrogens with zero attached hydrogens (tertiary/aromatic N) is 2. The molecule has 0 unspecified atom stereocenters. The SMILES string of the molecule is C[C@]12CCC[C@]3(CO3)[C@@H]1C[C@H]1[C@@H](C2)OC(=O)[C@@H]1CNCCCn1ccnc1. The number of aromatic nitrogens is 2. The Balaban J connectivity index is 1.18. The zero-order valence-electron chi connectivity index (χ0n) is 16.2. The molecule has 6 atom stereocenters. The molecule has 0 amide bonds. The highest BCUT2D eigenvalue weighted by molar-refractivity contribution is 5.75. The number of carbonyl (C=O) groups is 1. The number of ether oxygens (including phenoxy) is 2. The quantitative estimate of drug-likeness (QED) is 0.471. The molecule has 6 nitrogen and oxygen atoms in total. The van der Waals surface area contributed by atoms with Crippen LogP contribution in [0.3, 0.4) is 0 Å². The number of carbonyl (C=O) groups excluding carboxylic acids is 1. The van der Waals surface area contributed by atoms with E-state index in [1.807, 2.05) is 12.5 Å². The maximum atomic E-state index is 12.6. The van der Waals surface area contributed by atoms with Gasteiger partial charge in [0, 0.05) is 31.4 Å². The second-order valence-corrected chi connectivity index (χ2v) is 9.46. The highest BCUT2D eigenvalue weighted by Crippen LogP contribution is 2.62. The van der Waals surface area contributed by atoms with E-state index in [2.05, 4.69) is 21.8 Å². The van der Waals surface area contributed by atoms with Gasteiger partial charge in [-0.3, -0.25) is 4.79 Å². The summed E-state index contributed by atoms with van der Waals surface area (Å²) < 4.78 is 13.9. The van der Waals surface area contributed by atoms with Crippen LogP contribution in [0.2, 0.25) is 0 Å². The lowest BCUT2D eigenvalue weighted by Crippen LogP contribution is -2.51. The standard InChI is InChI=1S/C21H31N3O3/c1-20-4-2-5-21(13-26-21)18(20)10-15-16(19(25)27-17(15)11-20)12-22-6-3-8-24-9-7-23-14-24/h7,9,14-18,22H,2-6,8,10-13H2,1H3/t15-,16-,17-,18-,20-,21+/m1/s1. The van der Waals surface area contributed by atoms with Gasteiger partial charge in [0.1, 0.15) is 6.10 Å². The first kappa shape index (κ1) is 17.7. The van der Waals surface area contributed by atoms with E-state index in [4.69, 9.17) is 9.47 Å². The lowest BCUT2D eigenvalue weighted by atomic mass is 9.53. The van der Waals surface area contributed by atoms with Gasteiger partial charge in [0.25, 0.3) is 0 Å². The van der Waals surface area contributed by atoms with E-state index in [-0.39, 0.29) is 29.0 Å². The van der Waals surface area contributed by atoms with Crippen molar-refractivity contribution < 1.29 is 14.3 Å². The van der Waals surface area contributed by atoms with Gasteiger partial charge in [-0.15, -0.1) is 0 Å². The van der Waals surface area contributed by atoms with Gasteiger partial charge in [0.05, 0.1) is 24.5 Å². The maximum Gasteiger partial charge on any atom is 0.310 e. The molecule has 4 fully saturated rings. The molecule has 0 bridgehead atoms. The second kappa shape index (κ2) is 6.59.